The first-order valence-corrected chi connectivity index (χ1v) is 6.63. The molecular weight excluding hydrogens is 311 g/mol. The van der Waals surface area contributed by atoms with Gasteiger partial charge < -0.3 is 14.8 Å². The van der Waals surface area contributed by atoms with Crippen LogP contribution in [0.3, 0.4) is 0 Å². The van der Waals surface area contributed by atoms with Crippen LogP contribution in [-0.2, 0) is 11.0 Å². The van der Waals surface area contributed by atoms with Crippen molar-refractivity contribution in [1.82, 2.24) is 0 Å². The highest BCUT2D eigenvalue weighted by Crippen LogP contribution is 2.30. The summed E-state index contributed by atoms with van der Waals surface area (Å²) in [5.41, 5.74) is -0.783. The van der Waals surface area contributed by atoms with Crippen LogP contribution in [0.1, 0.15) is 5.56 Å². The van der Waals surface area contributed by atoms with Crippen molar-refractivity contribution >= 4 is 11.6 Å². The van der Waals surface area contributed by atoms with Crippen LogP contribution in [0.5, 0.6) is 11.5 Å². The van der Waals surface area contributed by atoms with E-state index in [9.17, 15) is 18.0 Å². The van der Waals surface area contributed by atoms with Crippen LogP contribution in [-0.4, -0.2) is 19.6 Å². The number of hydrogen-bond donors (Lipinski definition) is 1. The minimum absolute atomic E-state index is 0.0495. The maximum Gasteiger partial charge on any atom is 0.416 e. The summed E-state index contributed by atoms with van der Waals surface area (Å²) in [6.07, 6.45) is -4.46. The smallest absolute Gasteiger partial charge is 0.416 e. The van der Waals surface area contributed by atoms with Crippen molar-refractivity contribution in [3.8, 4) is 11.5 Å². The Morgan fingerprint density at radius 1 is 1.09 bits per heavy atom. The first-order valence-electron chi connectivity index (χ1n) is 6.63. The van der Waals surface area contributed by atoms with Crippen LogP contribution in [0.15, 0.2) is 48.5 Å². The number of halogens is 3. The number of anilines is 1. The monoisotopic (exact) mass is 325 g/mol. The SMILES string of the molecule is COc1ccccc1OCC(=O)Nc1cccc(C(F)(F)F)c1. The zero-order chi connectivity index (χ0) is 16.9. The molecule has 7 heteroatoms. The van der Waals surface area contributed by atoms with Crippen molar-refractivity contribution in [3.63, 3.8) is 0 Å². The highest BCUT2D eigenvalue weighted by atomic mass is 19.4. The van der Waals surface area contributed by atoms with Gasteiger partial charge in [0.25, 0.3) is 5.91 Å². The zero-order valence-corrected chi connectivity index (χ0v) is 12.2. The summed E-state index contributed by atoms with van der Waals surface area (Å²) >= 11 is 0. The number of carbonyl (C=O) groups is 1. The van der Waals surface area contributed by atoms with E-state index in [1.165, 1.54) is 19.2 Å². The third kappa shape index (κ3) is 4.64. The van der Waals surface area contributed by atoms with Gasteiger partial charge in [0.05, 0.1) is 12.7 Å². The van der Waals surface area contributed by atoms with E-state index < -0.39 is 17.6 Å². The number of nitrogens with one attached hydrogen (secondary N) is 1. The molecule has 0 aliphatic heterocycles. The Bertz CT molecular complexity index is 686. The fraction of sp³-hybridized carbons (Fsp3) is 0.188. The van der Waals surface area contributed by atoms with Crippen molar-refractivity contribution in [2.45, 2.75) is 6.18 Å². The number of amides is 1. The van der Waals surface area contributed by atoms with Crippen molar-refractivity contribution in [2.75, 3.05) is 19.0 Å². The zero-order valence-electron chi connectivity index (χ0n) is 12.2. The summed E-state index contributed by atoms with van der Waals surface area (Å²) < 4.78 is 48.2. The second-order valence-electron chi connectivity index (χ2n) is 4.57. The molecule has 0 fully saturated rings. The van der Waals surface area contributed by atoms with E-state index in [1.54, 1.807) is 24.3 Å². The van der Waals surface area contributed by atoms with Gasteiger partial charge in [-0.15, -0.1) is 0 Å². The Kier molecular flexibility index (Phi) is 5.10. The molecule has 0 aromatic heterocycles. The van der Waals surface area contributed by atoms with Crippen molar-refractivity contribution in [3.05, 3.63) is 54.1 Å². The fourth-order valence-corrected chi connectivity index (χ4v) is 1.85. The van der Waals surface area contributed by atoms with Gasteiger partial charge in [0.15, 0.2) is 18.1 Å². The molecule has 0 unspecified atom stereocenters. The van der Waals surface area contributed by atoms with E-state index in [1.807, 2.05) is 0 Å². The van der Waals surface area contributed by atoms with Gasteiger partial charge in [-0.25, -0.2) is 0 Å². The van der Waals surface area contributed by atoms with Crippen molar-refractivity contribution < 1.29 is 27.4 Å². The molecule has 2 rings (SSSR count). The quantitative estimate of drug-likeness (QED) is 0.911. The normalized spacial score (nSPS) is 11.0. The number of methoxy groups -OCH3 is 1. The first-order chi connectivity index (χ1) is 10.9. The molecule has 23 heavy (non-hydrogen) atoms. The predicted molar refractivity (Wildman–Crippen MR) is 78.6 cm³/mol. The largest absolute Gasteiger partial charge is 0.493 e. The molecule has 1 N–H and O–H groups in total. The Morgan fingerprint density at radius 2 is 1.78 bits per heavy atom. The van der Waals surface area contributed by atoms with Crippen LogP contribution in [0.4, 0.5) is 18.9 Å². The van der Waals surface area contributed by atoms with Crippen molar-refractivity contribution in [1.29, 1.82) is 0 Å². The van der Waals surface area contributed by atoms with E-state index in [0.717, 1.165) is 12.1 Å². The lowest BCUT2D eigenvalue weighted by Crippen LogP contribution is -2.20. The Morgan fingerprint density at radius 3 is 2.43 bits per heavy atom. The van der Waals surface area contributed by atoms with E-state index in [2.05, 4.69) is 5.32 Å². The van der Waals surface area contributed by atoms with Gasteiger partial charge in [0, 0.05) is 5.69 Å². The molecule has 0 atom stereocenters. The molecule has 4 nitrogen and oxygen atoms in total. The molecule has 0 saturated carbocycles. The average Bonchev–Trinajstić information content (AvgIpc) is 2.52. The lowest BCUT2D eigenvalue weighted by molar-refractivity contribution is -0.137. The third-order valence-corrected chi connectivity index (χ3v) is 2.90. The Hall–Kier alpha value is -2.70. The van der Waals surface area contributed by atoms with Gasteiger partial charge in [-0.05, 0) is 30.3 Å². The first kappa shape index (κ1) is 16.7. The minimum atomic E-state index is -4.46. The summed E-state index contributed by atoms with van der Waals surface area (Å²) in [4.78, 5) is 11.8. The summed E-state index contributed by atoms with van der Waals surface area (Å²) in [6.45, 7) is -0.351. The molecule has 0 saturated heterocycles. The topological polar surface area (TPSA) is 47.6 Å². The Labute approximate surface area is 130 Å². The number of rotatable bonds is 5. The fourth-order valence-electron chi connectivity index (χ4n) is 1.85. The number of alkyl halides is 3. The molecule has 1 amide bonds. The highest BCUT2D eigenvalue weighted by Gasteiger charge is 2.30. The molecule has 122 valence electrons. The second kappa shape index (κ2) is 7.04. The third-order valence-electron chi connectivity index (χ3n) is 2.90. The van der Waals surface area contributed by atoms with Crippen molar-refractivity contribution in [2.24, 2.45) is 0 Å². The maximum absolute atomic E-state index is 12.6. The number of ether oxygens (including phenoxy) is 2. The molecule has 0 radical (unpaired) electrons. The van der Waals surface area contributed by atoms with E-state index in [4.69, 9.17) is 9.47 Å². The lowest BCUT2D eigenvalue weighted by atomic mass is 10.2. The lowest BCUT2D eigenvalue weighted by Gasteiger charge is -2.12. The molecule has 2 aromatic rings. The standard InChI is InChI=1S/C16H14F3NO3/c1-22-13-7-2-3-8-14(13)23-10-15(21)20-12-6-4-5-11(9-12)16(17,18)19/h2-9H,10H2,1H3,(H,20,21). The second-order valence-corrected chi connectivity index (χ2v) is 4.57. The van der Waals surface area contributed by atoms with E-state index >= 15 is 0 Å². The van der Waals surface area contributed by atoms with Gasteiger partial charge in [0.1, 0.15) is 0 Å². The molecule has 0 aliphatic rings. The molecule has 2 aromatic carbocycles. The summed E-state index contributed by atoms with van der Waals surface area (Å²) in [5.74, 6) is 0.254. The van der Waals surface area contributed by atoms with Crippen LogP contribution >= 0.6 is 0 Å². The van der Waals surface area contributed by atoms with E-state index in [-0.39, 0.29) is 12.3 Å². The molecular formula is C16H14F3NO3. The van der Waals surface area contributed by atoms with Gasteiger partial charge >= 0.3 is 6.18 Å². The maximum atomic E-state index is 12.6. The van der Waals surface area contributed by atoms with Gasteiger partial charge in [-0.3, -0.25) is 4.79 Å². The summed E-state index contributed by atoms with van der Waals surface area (Å²) in [7, 11) is 1.46. The van der Waals surface area contributed by atoms with Gasteiger partial charge in [-0.2, -0.15) is 13.2 Å². The summed E-state index contributed by atoms with van der Waals surface area (Å²) in [6, 6.07) is 11.1. The van der Waals surface area contributed by atoms with Crippen LogP contribution in [0.25, 0.3) is 0 Å². The van der Waals surface area contributed by atoms with Gasteiger partial charge in [0.2, 0.25) is 0 Å². The molecule has 0 aliphatic carbocycles. The van der Waals surface area contributed by atoms with Crippen LogP contribution in [0, 0.1) is 0 Å². The number of benzene rings is 2. The Balaban J connectivity index is 1.98. The predicted octanol–water partition coefficient (Wildman–Crippen LogP) is 3.73. The minimum Gasteiger partial charge on any atom is -0.493 e. The summed E-state index contributed by atoms with van der Waals surface area (Å²) in [5, 5.41) is 2.36. The average molecular weight is 325 g/mol. The van der Waals surface area contributed by atoms with Crippen LogP contribution < -0.4 is 14.8 Å². The van der Waals surface area contributed by atoms with E-state index in [0.29, 0.717) is 11.5 Å². The molecule has 0 heterocycles. The highest BCUT2D eigenvalue weighted by molar-refractivity contribution is 5.92. The number of hydrogen-bond acceptors (Lipinski definition) is 3. The van der Waals surface area contributed by atoms with Gasteiger partial charge in [-0.1, -0.05) is 18.2 Å². The number of carbonyl (C=O) groups excluding carboxylic acids is 1. The number of para-hydroxylation sites is 2. The molecule has 0 spiro atoms. The van der Waals surface area contributed by atoms with Crippen LogP contribution in [0.2, 0.25) is 0 Å². The molecule has 0 bridgehead atoms.